The van der Waals surface area contributed by atoms with Crippen LogP contribution >= 0.6 is 11.6 Å². The number of quaternary nitrogens is 1. The minimum absolute atomic E-state index is 0.210. The number of likely N-dealkylation sites (tertiary alicyclic amines) is 1. The molecule has 2 aliphatic heterocycles. The topological polar surface area (TPSA) is 46.2 Å². The SMILES string of the molecule is O=S(=O)(c1ccc(Cl)cc1)[N+]1(C2CCNCC2)CCCCC1. The zero-order valence-electron chi connectivity index (χ0n) is 12.8. The van der Waals surface area contributed by atoms with Crippen LogP contribution in [0.2, 0.25) is 5.02 Å². The van der Waals surface area contributed by atoms with Crippen LogP contribution in [0, 0.1) is 0 Å². The molecule has 0 radical (unpaired) electrons. The number of benzene rings is 1. The van der Waals surface area contributed by atoms with E-state index < -0.39 is 10.0 Å². The predicted molar refractivity (Wildman–Crippen MR) is 88.4 cm³/mol. The van der Waals surface area contributed by atoms with Crippen LogP contribution in [0.25, 0.3) is 0 Å². The van der Waals surface area contributed by atoms with Gasteiger partial charge in [0.15, 0.2) is 0 Å². The van der Waals surface area contributed by atoms with Gasteiger partial charge in [-0.15, -0.1) is 0 Å². The third-order valence-corrected chi connectivity index (χ3v) is 7.88. The van der Waals surface area contributed by atoms with Crippen LogP contribution in [0.1, 0.15) is 32.1 Å². The second-order valence-electron chi connectivity index (χ2n) is 6.37. The number of piperidine rings is 2. The molecule has 0 aliphatic carbocycles. The van der Waals surface area contributed by atoms with E-state index in [-0.39, 0.29) is 9.93 Å². The summed E-state index contributed by atoms with van der Waals surface area (Å²) in [4.78, 5) is 0.414. The highest BCUT2D eigenvalue weighted by Crippen LogP contribution is 2.36. The molecule has 2 aliphatic rings. The summed E-state index contributed by atoms with van der Waals surface area (Å²) in [6, 6.07) is 6.89. The van der Waals surface area contributed by atoms with Gasteiger partial charge in [0.05, 0.1) is 13.1 Å². The molecule has 1 N–H and O–H groups in total. The Morgan fingerprint density at radius 2 is 1.59 bits per heavy atom. The van der Waals surface area contributed by atoms with Crippen LogP contribution in [-0.2, 0) is 10.0 Å². The molecule has 3 rings (SSSR count). The number of rotatable bonds is 3. The van der Waals surface area contributed by atoms with Crippen molar-refractivity contribution in [2.45, 2.75) is 43.0 Å². The van der Waals surface area contributed by atoms with Crippen molar-refractivity contribution in [3.05, 3.63) is 29.3 Å². The maximum absolute atomic E-state index is 13.4. The lowest BCUT2D eigenvalue weighted by molar-refractivity contribution is -0.840. The third-order valence-electron chi connectivity index (χ3n) is 5.14. The molecule has 1 aromatic carbocycles. The summed E-state index contributed by atoms with van der Waals surface area (Å²) in [5.74, 6) is 0. The number of nitrogens with one attached hydrogen (secondary N) is 1. The Kier molecular flexibility index (Phi) is 4.78. The van der Waals surface area contributed by atoms with Gasteiger partial charge in [0.25, 0.3) is 0 Å². The van der Waals surface area contributed by atoms with Crippen molar-refractivity contribution in [1.82, 2.24) is 5.32 Å². The molecule has 0 aromatic heterocycles. The Labute approximate surface area is 138 Å². The van der Waals surface area contributed by atoms with Gasteiger partial charge in [-0.05, 0) is 43.5 Å². The molecule has 0 saturated carbocycles. The molecule has 6 heteroatoms. The van der Waals surface area contributed by atoms with E-state index in [4.69, 9.17) is 11.6 Å². The summed E-state index contributed by atoms with van der Waals surface area (Å²) in [5.41, 5.74) is 0. The minimum Gasteiger partial charge on any atom is -0.316 e. The Morgan fingerprint density at radius 1 is 1.00 bits per heavy atom. The molecule has 4 nitrogen and oxygen atoms in total. The van der Waals surface area contributed by atoms with Crippen LogP contribution in [-0.4, -0.2) is 44.5 Å². The zero-order chi connectivity index (χ0) is 15.6. The van der Waals surface area contributed by atoms with Gasteiger partial charge in [-0.25, -0.2) is 3.89 Å². The highest BCUT2D eigenvalue weighted by atomic mass is 35.5. The van der Waals surface area contributed by atoms with E-state index in [1.807, 2.05) is 0 Å². The van der Waals surface area contributed by atoms with Crippen LogP contribution in [0.3, 0.4) is 0 Å². The van der Waals surface area contributed by atoms with Crippen LogP contribution < -0.4 is 5.32 Å². The quantitative estimate of drug-likeness (QED) is 0.858. The van der Waals surface area contributed by atoms with Crippen molar-refractivity contribution in [2.75, 3.05) is 26.2 Å². The van der Waals surface area contributed by atoms with Crippen molar-refractivity contribution in [2.24, 2.45) is 0 Å². The molecule has 2 fully saturated rings. The fourth-order valence-corrected chi connectivity index (χ4v) is 6.31. The predicted octanol–water partition coefficient (Wildman–Crippen LogP) is 2.78. The Balaban J connectivity index is 2.02. The molecule has 0 bridgehead atoms. The summed E-state index contributed by atoms with van der Waals surface area (Å²) in [7, 11) is -3.39. The maximum atomic E-state index is 13.4. The standard InChI is InChI=1S/C16H24ClN2O2S/c17-14-4-6-16(7-5-14)22(20,21)19(12-2-1-3-13-19)15-8-10-18-11-9-15/h4-7,15,18H,1-3,8-13H2/q+1. The largest absolute Gasteiger partial charge is 0.327 e. The number of nitrogens with zero attached hydrogens (tertiary/aromatic N) is 1. The maximum Gasteiger partial charge on any atom is 0.327 e. The molecular formula is C16H24ClN2O2S+. The van der Waals surface area contributed by atoms with Crippen molar-refractivity contribution in [3.63, 3.8) is 0 Å². The fourth-order valence-electron chi connectivity index (χ4n) is 3.94. The first-order chi connectivity index (χ1) is 10.6. The molecule has 0 amide bonds. The lowest BCUT2D eigenvalue weighted by atomic mass is 10.0. The summed E-state index contributed by atoms with van der Waals surface area (Å²) >= 11 is 5.92. The van der Waals surface area contributed by atoms with Crippen LogP contribution in [0.15, 0.2) is 29.2 Å². The van der Waals surface area contributed by atoms with Gasteiger partial charge in [0.2, 0.25) is 0 Å². The van der Waals surface area contributed by atoms with Crippen LogP contribution in [0.4, 0.5) is 0 Å². The van der Waals surface area contributed by atoms with Gasteiger partial charge in [-0.3, -0.25) is 0 Å². The van der Waals surface area contributed by atoms with E-state index in [2.05, 4.69) is 5.32 Å². The Hall–Kier alpha value is -0.620. The first-order valence-corrected chi connectivity index (χ1v) is 9.96. The van der Waals surface area contributed by atoms with Gasteiger partial charge in [-0.1, -0.05) is 11.6 Å². The number of sulfonamides is 1. The molecule has 1 aromatic rings. The molecule has 122 valence electrons. The number of hydrogen-bond donors (Lipinski definition) is 1. The summed E-state index contributed by atoms with van der Waals surface area (Å²) in [6.07, 6.45) is 5.01. The van der Waals surface area contributed by atoms with E-state index in [9.17, 15) is 8.42 Å². The lowest BCUT2D eigenvalue weighted by Crippen LogP contribution is -2.63. The van der Waals surface area contributed by atoms with E-state index in [1.54, 1.807) is 24.3 Å². The summed E-state index contributed by atoms with van der Waals surface area (Å²) in [6.45, 7) is 3.33. The second-order valence-corrected chi connectivity index (χ2v) is 8.96. The van der Waals surface area contributed by atoms with E-state index in [1.165, 1.54) is 0 Å². The highest BCUT2D eigenvalue weighted by molar-refractivity contribution is 7.86. The normalized spacial score (nSPS) is 23.3. The second kappa shape index (κ2) is 6.48. The minimum atomic E-state index is -3.39. The summed E-state index contributed by atoms with van der Waals surface area (Å²) < 4.78 is 27.1. The molecule has 0 unspecified atom stereocenters. The van der Waals surface area contributed by atoms with Gasteiger partial charge in [0.1, 0.15) is 10.9 Å². The van der Waals surface area contributed by atoms with E-state index in [0.717, 1.165) is 58.3 Å². The number of hydrogen-bond acceptors (Lipinski definition) is 3. The highest BCUT2D eigenvalue weighted by Gasteiger charge is 2.49. The monoisotopic (exact) mass is 343 g/mol. The molecule has 2 saturated heterocycles. The molecular weight excluding hydrogens is 320 g/mol. The van der Waals surface area contributed by atoms with E-state index in [0.29, 0.717) is 9.92 Å². The van der Waals surface area contributed by atoms with E-state index >= 15 is 0 Å². The van der Waals surface area contributed by atoms with Gasteiger partial charge in [0, 0.05) is 31.0 Å². The Bertz CT molecular complexity index is 604. The smallest absolute Gasteiger partial charge is 0.316 e. The average molecular weight is 344 g/mol. The average Bonchev–Trinajstić information content (AvgIpc) is 2.56. The van der Waals surface area contributed by atoms with Gasteiger partial charge >= 0.3 is 10.0 Å². The molecule has 22 heavy (non-hydrogen) atoms. The van der Waals surface area contributed by atoms with Gasteiger partial charge < -0.3 is 5.32 Å². The fraction of sp³-hybridized carbons (Fsp3) is 0.625. The molecule has 0 spiro atoms. The van der Waals surface area contributed by atoms with Crippen LogP contribution in [0.5, 0.6) is 0 Å². The Morgan fingerprint density at radius 3 is 2.18 bits per heavy atom. The molecule has 0 atom stereocenters. The molecule has 2 heterocycles. The van der Waals surface area contributed by atoms with Crippen molar-refractivity contribution in [3.8, 4) is 0 Å². The number of halogens is 1. The first-order valence-electron chi connectivity index (χ1n) is 8.14. The summed E-state index contributed by atoms with van der Waals surface area (Å²) in [5, 5.41) is 3.92. The lowest BCUT2D eigenvalue weighted by Gasteiger charge is -2.46. The zero-order valence-corrected chi connectivity index (χ0v) is 14.4. The third kappa shape index (κ3) is 2.80. The van der Waals surface area contributed by atoms with Crippen molar-refractivity contribution in [1.29, 1.82) is 0 Å². The van der Waals surface area contributed by atoms with Crippen molar-refractivity contribution >= 4 is 21.6 Å². The van der Waals surface area contributed by atoms with Gasteiger partial charge in [-0.2, -0.15) is 8.42 Å². The van der Waals surface area contributed by atoms with Crippen molar-refractivity contribution < 1.29 is 12.3 Å². The first kappa shape index (κ1) is 16.2.